The molecule has 0 aliphatic carbocycles. The standard InChI is InChI=1S/C17H18N2O2S.C16H17N3O2S.C10H12N2.C9H7ClN2O.C9H9ClN2.C9H11N3.C7H6N2.ClH.H3N/c1-3-6-14-12-19(17-16(14)9-5-10-18-17)22(20,21)15-8-4-7-13(2)11-15;1-12-4-2-5-14(10-12)22(20,21)19-11-13(7-8-17)15-6-3-9-18-16(15)19;1-2-4-8-7-12-10-9(8)5-3-6-11-10;10-4-8(13)7-5-12-9-6(7)2-1-3-11-9;2*10-4-3-7-6-12-9-8(7)2-1-5-11-9;1-2-6-3-5-9-7(6)8-4-1;;/h4-5,7-12H,3,6H2,1-2H3;2-6,9-11H,7-8,17H2,1H3;3,5-7H,2,4H2,1H3,(H,11,12);1-3,5H,4H2,(H,11,12);1-2,5-6H,3-4H2,(H,11,12);1-2,5-6H,3-4,10H2,(H,11,12);1-5H,(H,8,9);1H;1H3. The van der Waals surface area contributed by atoms with Gasteiger partial charge in [0.1, 0.15) is 28.2 Å². The van der Waals surface area contributed by atoms with E-state index in [4.69, 9.17) is 34.7 Å². The molecular weight excluding hydrogens is 1410 g/mol. The number of H-pyrrole nitrogens is 5. The first-order valence-corrected chi connectivity index (χ1v) is 37.2. The molecule has 0 spiro atoms. The van der Waals surface area contributed by atoms with E-state index in [2.05, 4.69) is 98.1 Å². The van der Waals surface area contributed by atoms with E-state index in [-0.39, 0.29) is 40.0 Å². The molecular formula is C77H84Cl3N17O5S2. The minimum absolute atomic E-state index is 0. The number of ketones is 1. The van der Waals surface area contributed by atoms with E-state index in [0.717, 1.165) is 104 Å². The summed E-state index contributed by atoms with van der Waals surface area (Å²) in [5, 5.41) is 7.34. The number of fused-ring (bicyclic) bond motifs is 7. The molecule has 0 fully saturated rings. The van der Waals surface area contributed by atoms with Gasteiger partial charge in [0.05, 0.1) is 15.7 Å². The molecule has 2 aromatic carbocycles. The van der Waals surface area contributed by atoms with Crippen molar-refractivity contribution in [3.63, 3.8) is 0 Å². The van der Waals surface area contributed by atoms with Crippen LogP contribution in [0.4, 0.5) is 0 Å². The Morgan fingerprint density at radius 2 is 0.808 bits per heavy atom. The first-order valence-electron chi connectivity index (χ1n) is 33.2. The molecule has 16 rings (SSSR count). The van der Waals surface area contributed by atoms with Crippen molar-refractivity contribution in [1.29, 1.82) is 0 Å². The van der Waals surface area contributed by atoms with E-state index in [1.807, 2.05) is 111 Å². The molecule has 27 heteroatoms. The number of nitrogens with one attached hydrogen (secondary N) is 5. The van der Waals surface area contributed by atoms with Crippen LogP contribution >= 0.6 is 35.6 Å². The number of nitrogens with zero attached hydrogens (tertiary/aromatic N) is 9. The molecule has 104 heavy (non-hydrogen) atoms. The molecule has 0 atom stereocenters. The lowest BCUT2D eigenvalue weighted by atomic mass is 10.1. The minimum atomic E-state index is -3.67. The summed E-state index contributed by atoms with van der Waals surface area (Å²) >= 11 is 11.1. The molecule has 22 nitrogen and oxygen atoms in total. The van der Waals surface area contributed by atoms with Crippen LogP contribution in [-0.4, -0.2) is 115 Å². The molecule has 12 N–H and O–H groups in total. The number of aryl methyl sites for hydroxylation is 5. The van der Waals surface area contributed by atoms with Gasteiger partial charge in [-0.2, -0.15) is 0 Å². The summed E-state index contributed by atoms with van der Waals surface area (Å²) in [4.78, 5) is 56.4. The molecule has 14 aromatic heterocycles. The van der Waals surface area contributed by atoms with Crippen molar-refractivity contribution in [2.45, 2.75) is 82.4 Å². The fourth-order valence-electron chi connectivity index (χ4n) is 11.5. The average Bonchev–Trinajstić information content (AvgIpc) is 1.60. The maximum atomic E-state index is 12.9. The van der Waals surface area contributed by atoms with E-state index >= 15 is 0 Å². The van der Waals surface area contributed by atoms with Gasteiger partial charge < -0.3 is 42.5 Å². The van der Waals surface area contributed by atoms with Gasteiger partial charge >= 0.3 is 0 Å². The van der Waals surface area contributed by atoms with Gasteiger partial charge in [-0.15, -0.1) is 35.6 Å². The van der Waals surface area contributed by atoms with E-state index < -0.39 is 20.0 Å². The lowest BCUT2D eigenvalue weighted by molar-refractivity contribution is 0.102. The number of alkyl halides is 2. The third-order valence-electron chi connectivity index (χ3n) is 16.4. The van der Waals surface area contributed by atoms with Crippen molar-refractivity contribution in [3.8, 4) is 0 Å². The summed E-state index contributed by atoms with van der Waals surface area (Å²) in [7, 11) is -7.30. The van der Waals surface area contributed by atoms with Gasteiger partial charge in [0.15, 0.2) is 17.1 Å². The fourth-order valence-corrected chi connectivity index (χ4v) is 14.7. The van der Waals surface area contributed by atoms with Gasteiger partial charge in [-0.05, 0) is 213 Å². The first-order chi connectivity index (χ1) is 49.6. The number of carbonyl (C=O) groups excluding carboxylic acids is 1. The van der Waals surface area contributed by atoms with Crippen LogP contribution in [0.1, 0.15) is 76.0 Å². The fraction of sp³-hybridized carbons (Fsp3) is 0.195. The maximum Gasteiger partial charge on any atom is 0.269 e. The molecule has 0 saturated carbocycles. The number of carbonyl (C=O) groups is 1. The number of Topliss-reactive ketones (excluding diaryl/α,β-unsaturated/α-hetero) is 1. The summed E-state index contributed by atoms with van der Waals surface area (Å²) in [5.74, 6) is 0.574. The Morgan fingerprint density at radius 1 is 0.433 bits per heavy atom. The van der Waals surface area contributed by atoms with Crippen molar-refractivity contribution < 1.29 is 21.6 Å². The summed E-state index contributed by atoms with van der Waals surface area (Å²) < 4.78 is 54.3. The molecule has 0 unspecified atom stereocenters. The van der Waals surface area contributed by atoms with E-state index in [9.17, 15) is 21.6 Å². The number of pyridine rings is 7. The number of benzene rings is 2. The number of hydrogen-bond acceptors (Lipinski definition) is 15. The van der Waals surface area contributed by atoms with Crippen LogP contribution in [0.2, 0.25) is 0 Å². The van der Waals surface area contributed by atoms with Crippen LogP contribution in [0, 0.1) is 13.8 Å². The predicted octanol–water partition coefficient (Wildman–Crippen LogP) is 15.7. The highest BCUT2D eigenvalue weighted by Crippen LogP contribution is 2.28. The highest BCUT2D eigenvalue weighted by molar-refractivity contribution is 7.90. The predicted molar refractivity (Wildman–Crippen MR) is 423 cm³/mol. The summed E-state index contributed by atoms with van der Waals surface area (Å²) in [5.41, 5.74) is 24.8. The second-order valence-corrected chi connectivity index (χ2v) is 27.8. The van der Waals surface area contributed by atoms with Crippen molar-refractivity contribution >= 4 is 139 Å². The third kappa shape index (κ3) is 19.3. The minimum Gasteiger partial charge on any atom is -0.346 e. The van der Waals surface area contributed by atoms with Crippen molar-refractivity contribution in [3.05, 3.63) is 271 Å². The molecule has 0 radical (unpaired) electrons. The topological polar surface area (TPSA) is 351 Å². The second-order valence-electron chi connectivity index (χ2n) is 23.5. The Morgan fingerprint density at radius 3 is 1.24 bits per heavy atom. The van der Waals surface area contributed by atoms with Crippen LogP contribution in [0.25, 0.3) is 77.2 Å². The smallest absolute Gasteiger partial charge is 0.269 e. The highest BCUT2D eigenvalue weighted by atomic mass is 35.5. The van der Waals surface area contributed by atoms with E-state index in [0.29, 0.717) is 42.2 Å². The Bertz CT molecular complexity index is 5280. The van der Waals surface area contributed by atoms with Gasteiger partial charge in [-0.25, -0.2) is 59.7 Å². The van der Waals surface area contributed by atoms with Crippen LogP contribution in [-0.2, 0) is 52.2 Å². The van der Waals surface area contributed by atoms with Gasteiger partial charge in [-0.3, -0.25) is 4.79 Å². The zero-order valence-electron chi connectivity index (χ0n) is 58.0. The SMILES string of the molecule is CCCc1c[nH]c2ncccc12.CCCc1cn(S(=O)(=O)c2cccc(C)c2)c2ncccc12.Cc1cccc(S(=O)(=O)n2cc(CCN)c3cccnc32)c1.Cl.ClCCc1c[nH]c2ncccc12.N.NCCc1c[nH]c2ncccc12.O=C(CCl)c1c[nH]c2ncccc12.c1cnc2[nH]ccc2c1. The van der Waals surface area contributed by atoms with Crippen LogP contribution in [0.15, 0.2) is 236 Å². The summed E-state index contributed by atoms with van der Waals surface area (Å²) in [6.07, 6.45) is 31.4. The average molecular weight is 1500 g/mol. The zero-order chi connectivity index (χ0) is 72.0. The normalized spacial score (nSPS) is 11.0. The van der Waals surface area contributed by atoms with Crippen molar-refractivity contribution in [2.24, 2.45) is 11.5 Å². The molecule has 0 amide bonds. The monoisotopic (exact) mass is 1500 g/mol. The first kappa shape index (κ1) is 79.3. The molecule has 0 bridgehead atoms. The molecule has 540 valence electrons. The number of hydrogen-bond donors (Lipinski definition) is 8. The second kappa shape index (κ2) is 38.2. The van der Waals surface area contributed by atoms with Crippen LogP contribution in [0.3, 0.4) is 0 Å². The lowest BCUT2D eigenvalue weighted by Gasteiger charge is -2.07. The number of aromatic nitrogens is 14. The van der Waals surface area contributed by atoms with Gasteiger partial charge in [0.25, 0.3) is 20.0 Å². The molecule has 0 aliphatic heterocycles. The van der Waals surface area contributed by atoms with Gasteiger partial charge in [0, 0.05) is 136 Å². The van der Waals surface area contributed by atoms with Crippen molar-refractivity contribution in [1.82, 2.24) is 73.9 Å². The number of rotatable bonds is 16. The molecule has 0 aliphatic rings. The van der Waals surface area contributed by atoms with Crippen molar-refractivity contribution in [2.75, 3.05) is 24.8 Å². The highest BCUT2D eigenvalue weighted by Gasteiger charge is 2.24. The van der Waals surface area contributed by atoms with Gasteiger partial charge in [0.2, 0.25) is 0 Å². The molecule has 16 aromatic rings. The van der Waals surface area contributed by atoms with E-state index in [1.165, 1.54) is 47.2 Å². The lowest BCUT2D eigenvalue weighted by Crippen LogP contribution is -2.12. The number of halogens is 3. The van der Waals surface area contributed by atoms with Gasteiger partial charge in [-0.1, -0.05) is 51.0 Å². The van der Waals surface area contributed by atoms with Crippen LogP contribution in [0.5, 0.6) is 0 Å². The largest absolute Gasteiger partial charge is 0.346 e. The molecule has 0 saturated heterocycles. The Balaban J connectivity index is 0.000000156. The zero-order valence-corrected chi connectivity index (χ0v) is 62.0. The number of aromatic amines is 5. The quantitative estimate of drug-likeness (QED) is 0.0329. The molecule has 14 heterocycles. The van der Waals surface area contributed by atoms with E-state index in [1.54, 1.807) is 104 Å². The maximum absolute atomic E-state index is 12.9. The Kier molecular flexibility index (Phi) is 29.1. The third-order valence-corrected chi connectivity index (χ3v) is 20.1. The summed E-state index contributed by atoms with van der Waals surface area (Å²) in [6.45, 7) is 9.16. The Labute approximate surface area is 619 Å². The summed E-state index contributed by atoms with van der Waals surface area (Å²) in [6, 6.07) is 42.9. The Hall–Kier alpha value is -10.4. The van der Waals surface area contributed by atoms with Crippen LogP contribution < -0.4 is 17.6 Å². The number of nitrogens with two attached hydrogens (primary N) is 2.